The van der Waals surface area contributed by atoms with Crippen molar-refractivity contribution in [3.05, 3.63) is 40.6 Å². The third-order valence-electron chi connectivity index (χ3n) is 2.40. The van der Waals surface area contributed by atoms with Gasteiger partial charge in [-0.15, -0.1) is 0 Å². The number of hydrogen-bond acceptors (Lipinski definition) is 3. The molecular formula is C12H14BrN3O. The van der Waals surface area contributed by atoms with Crippen LogP contribution in [-0.2, 0) is 6.54 Å². The van der Waals surface area contributed by atoms with Crippen molar-refractivity contribution in [1.29, 1.82) is 0 Å². The topological polar surface area (TPSA) is 39.1 Å². The molecule has 5 heteroatoms. The number of rotatable bonds is 4. The predicted octanol–water partition coefficient (Wildman–Crippen LogP) is 2.36. The number of ether oxygens (including phenoxy) is 1. The van der Waals surface area contributed by atoms with Crippen LogP contribution in [-0.4, -0.2) is 23.9 Å². The third-order valence-corrected chi connectivity index (χ3v) is 3.07. The summed E-state index contributed by atoms with van der Waals surface area (Å²) in [5.41, 5.74) is 1.97. The lowest BCUT2D eigenvalue weighted by atomic mass is 10.3. The van der Waals surface area contributed by atoms with Gasteiger partial charge in [0.2, 0.25) is 0 Å². The maximum absolute atomic E-state index is 5.21. The number of aromatic nitrogens is 2. The average molecular weight is 296 g/mol. The summed E-state index contributed by atoms with van der Waals surface area (Å²) in [5, 5.41) is 7.55. The van der Waals surface area contributed by atoms with Gasteiger partial charge in [-0.1, -0.05) is 0 Å². The Balaban J connectivity index is 2.37. The van der Waals surface area contributed by atoms with Crippen LogP contribution in [0.15, 0.2) is 34.9 Å². The SMILES string of the molecule is CNCc1ccn(-c2cc(OC)ccc2Br)n1. The van der Waals surface area contributed by atoms with Gasteiger partial charge in [0.15, 0.2) is 0 Å². The molecule has 1 aromatic heterocycles. The number of nitrogens with zero attached hydrogens (tertiary/aromatic N) is 2. The molecule has 0 amide bonds. The van der Waals surface area contributed by atoms with E-state index in [1.54, 1.807) is 7.11 Å². The van der Waals surface area contributed by atoms with Gasteiger partial charge in [0.25, 0.3) is 0 Å². The van der Waals surface area contributed by atoms with Crippen molar-refractivity contribution < 1.29 is 4.74 Å². The van der Waals surface area contributed by atoms with Gasteiger partial charge >= 0.3 is 0 Å². The van der Waals surface area contributed by atoms with Crippen LogP contribution in [0.4, 0.5) is 0 Å². The molecule has 0 radical (unpaired) electrons. The summed E-state index contributed by atoms with van der Waals surface area (Å²) in [4.78, 5) is 0. The van der Waals surface area contributed by atoms with Crippen molar-refractivity contribution in [2.45, 2.75) is 6.54 Å². The van der Waals surface area contributed by atoms with Crippen LogP contribution >= 0.6 is 15.9 Å². The molecule has 1 N–H and O–H groups in total. The highest BCUT2D eigenvalue weighted by atomic mass is 79.9. The van der Waals surface area contributed by atoms with E-state index >= 15 is 0 Å². The molecule has 0 saturated heterocycles. The summed E-state index contributed by atoms with van der Waals surface area (Å²) < 4.78 is 8.03. The normalized spacial score (nSPS) is 10.5. The molecule has 90 valence electrons. The fourth-order valence-corrected chi connectivity index (χ4v) is 1.99. The molecule has 1 heterocycles. The molecule has 2 aromatic rings. The first-order valence-electron chi connectivity index (χ1n) is 5.27. The zero-order valence-corrected chi connectivity index (χ0v) is 11.4. The highest BCUT2D eigenvalue weighted by Gasteiger charge is 2.06. The molecule has 0 spiro atoms. The molecule has 0 bridgehead atoms. The highest BCUT2D eigenvalue weighted by Crippen LogP contribution is 2.25. The summed E-state index contributed by atoms with van der Waals surface area (Å²) in [6.07, 6.45) is 1.94. The highest BCUT2D eigenvalue weighted by molar-refractivity contribution is 9.10. The molecule has 0 aliphatic heterocycles. The van der Waals surface area contributed by atoms with Gasteiger partial charge in [0.05, 0.1) is 18.5 Å². The van der Waals surface area contributed by atoms with Crippen molar-refractivity contribution in [2.75, 3.05) is 14.2 Å². The Morgan fingerprint density at radius 1 is 1.41 bits per heavy atom. The molecule has 0 unspecified atom stereocenters. The Morgan fingerprint density at radius 3 is 2.94 bits per heavy atom. The van der Waals surface area contributed by atoms with Crippen LogP contribution < -0.4 is 10.1 Å². The van der Waals surface area contributed by atoms with E-state index in [0.717, 1.165) is 28.1 Å². The molecule has 0 saturated carbocycles. The maximum atomic E-state index is 5.21. The minimum absolute atomic E-state index is 0.759. The zero-order chi connectivity index (χ0) is 12.3. The molecule has 0 aliphatic rings. The van der Waals surface area contributed by atoms with Crippen molar-refractivity contribution in [3.63, 3.8) is 0 Å². The van der Waals surface area contributed by atoms with Gasteiger partial charge in [0.1, 0.15) is 5.75 Å². The second-order valence-electron chi connectivity index (χ2n) is 3.60. The van der Waals surface area contributed by atoms with E-state index in [2.05, 4.69) is 26.3 Å². The van der Waals surface area contributed by atoms with Gasteiger partial charge in [0, 0.05) is 23.3 Å². The fraction of sp³-hybridized carbons (Fsp3) is 0.250. The Hall–Kier alpha value is -1.33. The number of nitrogens with one attached hydrogen (secondary N) is 1. The minimum Gasteiger partial charge on any atom is -0.497 e. The van der Waals surface area contributed by atoms with Gasteiger partial charge in [-0.25, -0.2) is 4.68 Å². The molecule has 0 aliphatic carbocycles. The van der Waals surface area contributed by atoms with E-state index < -0.39 is 0 Å². The molecule has 0 fully saturated rings. The van der Waals surface area contributed by atoms with Gasteiger partial charge in [-0.3, -0.25) is 0 Å². The fourth-order valence-electron chi connectivity index (χ4n) is 1.57. The van der Waals surface area contributed by atoms with Gasteiger partial charge < -0.3 is 10.1 Å². The lowest BCUT2D eigenvalue weighted by Crippen LogP contribution is -2.06. The number of hydrogen-bond donors (Lipinski definition) is 1. The Labute approximate surface area is 109 Å². The Kier molecular flexibility index (Phi) is 3.81. The predicted molar refractivity (Wildman–Crippen MR) is 70.6 cm³/mol. The molecule has 4 nitrogen and oxygen atoms in total. The first-order chi connectivity index (χ1) is 8.24. The van der Waals surface area contributed by atoms with Crippen molar-refractivity contribution >= 4 is 15.9 Å². The third kappa shape index (κ3) is 2.68. The van der Waals surface area contributed by atoms with E-state index in [1.807, 2.05) is 42.2 Å². The van der Waals surface area contributed by atoms with Crippen molar-refractivity contribution in [3.8, 4) is 11.4 Å². The number of halogens is 1. The Morgan fingerprint density at radius 2 is 2.24 bits per heavy atom. The Bertz CT molecular complexity index is 510. The van der Waals surface area contributed by atoms with Crippen LogP contribution in [0.3, 0.4) is 0 Å². The minimum atomic E-state index is 0.759. The molecule has 2 rings (SSSR count). The average Bonchev–Trinajstić information content (AvgIpc) is 2.79. The van der Waals surface area contributed by atoms with E-state index in [9.17, 15) is 0 Å². The number of methoxy groups -OCH3 is 1. The van der Waals surface area contributed by atoms with Gasteiger partial charge in [-0.2, -0.15) is 5.10 Å². The quantitative estimate of drug-likeness (QED) is 0.941. The van der Waals surface area contributed by atoms with Crippen LogP contribution in [0.1, 0.15) is 5.69 Å². The lowest BCUT2D eigenvalue weighted by Gasteiger charge is -2.07. The second kappa shape index (κ2) is 5.33. The molecule has 1 aromatic carbocycles. The monoisotopic (exact) mass is 295 g/mol. The van der Waals surface area contributed by atoms with Crippen molar-refractivity contribution in [2.24, 2.45) is 0 Å². The summed E-state index contributed by atoms with van der Waals surface area (Å²) in [7, 11) is 3.56. The molecule has 0 atom stereocenters. The van der Waals surface area contributed by atoms with E-state index in [4.69, 9.17) is 4.74 Å². The van der Waals surface area contributed by atoms with Crippen LogP contribution in [0.25, 0.3) is 5.69 Å². The summed E-state index contributed by atoms with van der Waals surface area (Å²) in [5.74, 6) is 0.814. The van der Waals surface area contributed by atoms with Crippen LogP contribution in [0, 0.1) is 0 Å². The maximum Gasteiger partial charge on any atom is 0.121 e. The summed E-state index contributed by atoms with van der Waals surface area (Å²) in [6.45, 7) is 0.759. The zero-order valence-electron chi connectivity index (χ0n) is 9.77. The standard InChI is InChI=1S/C12H14BrN3O/c1-14-8-9-5-6-16(15-9)12-7-10(17-2)3-4-11(12)13/h3-7,14H,8H2,1-2H3. The largest absolute Gasteiger partial charge is 0.497 e. The van der Waals surface area contributed by atoms with Crippen molar-refractivity contribution in [1.82, 2.24) is 15.1 Å². The van der Waals surface area contributed by atoms with E-state index in [1.165, 1.54) is 0 Å². The smallest absolute Gasteiger partial charge is 0.121 e. The first-order valence-corrected chi connectivity index (χ1v) is 6.07. The van der Waals surface area contributed by atoms with E-state index in [-0.39, 0.29) is 0 Å². The molecular weight excluding hydrogens is 282 g/mol. The van der Waals surface area contributed by atoms with Crippen LogP contribution in [0.5, 0.6) is 5.75 Å². The molecule has 17 heavy (non-hydrogen) atoms. The van der Waals surface area contributed by atoms with Gasteiger partial charge in [-0.05, 0) is 41.2 Å². The summed E-state index contributed by atoms with van der Waals surface area (Å²) >= 11 is 3.51. The van der Waals surface area contributed by atoms with Crippen LogP contribution in [0.2, 0.25) is 0 Å². The second-order valence-corrected chi connectivity index (χ2v) is 4.45. The summed E-state index contributed by atoms with van der Waals surface area (Å²) in [6, 6.07) is 7.79. The number of benzene rings is 1. The first kappa shape index (κ1) is 12.1. The lowest BCUT2D eigenvalue weighted by molar-refractivity contribution is 0.414. The van der Waals surface area contributed by atoms with E-state index in [0.29, 0.717) is 0 Å².